The Morgan fingerprint density at radius 2 is 1.49 bits per heavy atom. The highest BCUT2D eigenvalue weighted by Gasteiger charge is 2.20. The molecule has 4 nitrogen and oxygen atoms in total. The summed E-state index contributed by atoms with van der Waals surface area (Å²) in [4.78, 5) is 0. The van der Waals surface area contributed by atoms with Crippen LogP contribution in [0.4, 0.5) is 0 Å². The molecule has 0 radical (unpaired) electrons. The fraction of sp³-hybridized carbons (Fsp3) is 0. The van der Waals surface area contributed by atoms with Crippen molar-refractivity contribution in [2.75, 3.05) is 0 Å². The smallest absolute Gasteiger partial charge is 0.135 e. The molecule has 0 saturated heterocycles. The Kier molecular flexibility index (Phi) is 4.96. The molecule has 0 saturated carbocycles. The van der Waals surface area contributed by atoms with Gasteiger partial charge in [0.1, 0.15) is 11.2 Å². The average Bonchev–Trinajstić information content (AvgIpc) is 3.73. The summed E-state index contributed by atoms with van der Waals surface area (Å²) in [5.74, 6) is 0. The van der Waals surface area contributed by atoms with Crippen LogP contribution in [-0.4, -0.2) is 10.8 Å². The SMILES string of the molecule is N#Cc1ccc(-c2ccc3oc4ccc(C=N)cc4c3c2)c(-n2c3ccccc3c3c4sc5ccccc5c4ccc32)c1. The molecule has 0 fully saturated rings. The molecule has 0 aliphatic heterocycles. The van der Waals surface area contributed by atoms with Gasteiger partial charge in [-0.15, -0.1) is 11.3 Å². The zero-order chi connectivity index (χ0) is 28.7. The molecule has 0 amide bonds. The van der Waals surface area contributed by atoms with E-state index in [1.807, 2.05) is 47.7 Å². The van der Waals surface area contributed by atoms with E-state index < -0.39 is 0 Å². The lowest BCUT2D eigenvalue weighted by Crippen LogP contribution is -1.98. The number of nitrogens with zero attached hydrogens (tertiary/aromatic N) is 2. The first-order chi connectivity index (χ1) is 21.2. The molecule has 3 aromatic heterocycles. The molecule has 9 rings (SSSR count). The summed E-state index contributed by atoms with van der Waals surface area (Å²) in [7, 11) is 0. The Morgan fingerprint density at radius 1 is 0.698 bits per heavy atom. The number of aromatic nitrogens is 1. The van der Waals surface area contributed by atoms with Crippen LogP contribution < -0.4 is 0 Å². The monoisotopic (exact) mass is 567 g/mol. The van der Waals surface area contributed by atoms with Crippen LogP contribution in [0.25, 0.3) is 80.7 Å². The zero-order valence-electron chi connectivity index (χ0n) is 22.8. The predicted octanol–water partition coefficient (Wildman–Crippen LogP) is 10.6. The van der Waals surface area contributed by atoms with Gasteiger partial charge in [0.15, 0.2) is 0 Å². The molecule has 3 heterocycles. The normalized spacial score (nSPS) is 11.8. The summed E-state index contributed by atoms with van der Waals surface area (Å²) in [6.07, 6.45) is 1.36. The lowest BCUT2D eigenvalue weighted by atomic mass is 9.99. The lowest BCUT2D eigenvalue weighted by Gasteiger charge is -2.15. The average molecular weight is 568 g/mol. The van der Waals surface area contributed by atoms with Crippen LogP contribution in [0.1, 0.15) is 11.1 Å². The molecule has 0 atom stereocenters. The van der Waals surface area contributed by atoms with Gasteiger partial charge < -0.3 is 14.4 Å². The minimum Gasteiger partial charge on any atom is -0.456 e. The molecular formula is C38H21N3OS. The minimum atomic E-state index is 0.609. The largest absolute Gasteiger partial charge is 0.456 e. The van der Waals surface area contributed by atoms with Gasteiger partial charge in [0, 0.05) is 53.5 Å². The molecule has 200 valence electrons. The fourth-order valence-corrected chi connectivity index (χ4v) is 7.84. The van der Waals surface area contributed by atoms with Gasteiger partial charge in [-0.2, -0.15) is 5.26 Å². The van der Waals surface area contributed by atoms with Crippen molar-refractivity contribution in [3.8, 4) is 22.9 Å². The number of nitriles is 1. The van der Waals surface area contributed by atoms with Crippen LogP contribution in [0, 0.1) is 16.7 Å². The van der Waals surface area contributed by atoms with Crippen molar-refractivity contribution in [1.82, 2.24) is 4.57 Å². The molecule has 1 N–H and O–H groups in total. The van der Waals surface area contributed by atoms with Gasteiger partial charge in [-0.1, -0.05) is 54.6 Å². The summed E-state index contributed by atoms with van der Waals surface area (Å²) < 4.78 is 11.0. The van der Waals surface area contributed by atoms with Crippen molar-refractivity contribution < 1.29 is 4.42 Å². The van der Waals surface area contributed by atoms with E-state index in [1.54, 1.807) is 0 Å². The van der Waals surface area contributed by atoms with Crippen molar-refractivity contribution in [3.05, 3.63) is 126 Å². The Balaban J connectivity index is 1.38. The first-order valence-corrected chi connectivity index (χ1v) is 14.9. The number of benzene rings is 6. The van der Waals surface area contributed by atoms with Gasteiger partial charge in [-0.3, -0.25) is 0 Å². The van der Waals surface area contributed by atoms with Gasteiger partial charge >= 0.3 is 0 Å². The summed E-state index contributed by atoms with van der Waals surface area (Å²) in [5.41, 5.74) is 8.27. The Bertz CT molecular complexity index is 2660. The summed E-state index contributed by atoms with van der Waals surface area (Å²) >= 11 is 1.84. The maximum absolute atomic E-state index is 9.96. The highest BCUT2D eigenvalue weighted by molar-refractivity contribution is 7.26. The van der Waals surface area contributed by atoms with Crippen LogP contribution in [0.5, 0.6) is 0 Å². The number of para-hydroxylation sites is 1. The number of nitrogens with one attached hydrogen (secondary N) is 1. The highest BCUT2D eigenvalue weighted by Crippen LogP contribution is 2.44. The molecule has 43 heavy (non-hydrogen) atoms. The molecule has 0 aliphatic carbocycles. The number of thiophene rings is 1. The molecule has 0 spiro atoms. The van der Waals surface area contributed by atoms with E-state index in [0.717, 1.165) is 55.3 Å². The van der Waals surface area contributed by atoms with E-state index >= 15 is 0 Å². The van der Waals surface area contributed by atoms with E-state index in [1.165, 1.54) is 37.2 Å². The van der Waals surface area contributed by atoms with E-state index in [4.69, 9.17) is 9.83 Å². The molecular weight excluding hydrogens is 547 g/mol. The van der Waals surface area contributed by atoms with E-state index in [-0.39, 0.29) is 0 Å². The van der Waals surface area contributed by atoms with Gasteiger partial charge in [-0.25, -0.2) is 0 Å². The van der Waals surface area contributed by atoms with Crippen LogP contribution in [-0.2, 0) is 0 Å². The van der Waals surface area contributed by atoms with Crippen LogP contribution in [0.2, 0.25) is 0 Å². The number of furan rings is 1. The van der Waals surface area contributed by atoms with Crippen molar-refractivity contribution in [2.24, 2.45) is 0 Å². The Hall–Kier alpha value is -5.70. The first kappa shape index (κ1) is 24.0. The topological polar surface area (TPSA) is 65.7 Å². The molecule has 6 aromatic carbocycles. The minimum absolute atomic E-state index is 0.609. The van der Waals surface area contributed by atoms with Gasteiger partial charge in [0.25, 0.3) is 0 Å². The number of rotatable bonds is 3. The molecule has 0 bridgehead atoms. The number of hydrogen-bond acceptors (Lipinski definition) is 4. The highest BCUT2D eigenvalue weighted by atomic mass is 32.1. The van der Waals surface area contributed by atoms with Crippen molar-refractivity contribution in [2.45, 2.75) is 0 Å². The molecule has 0 aliphatic rings. The second-order valence-corrected chi connectivity index (χ2v) is 11.9. The third-order valence-electron chi connectivity index (χ3n) is 8.52. The third-order valence-corrected chi connectivity index (χ3v) is 9.72. The Morgan fingerprint density at radius 3 is 2.35 bits per heavy atom. The molecule has 0 unspecified atom stereocenters. The summed E-state index contributed by atoms with van der Waals surface area (Å²) in [6.45, 7) is 0. The van der Waals surface area contributed by atoms with Crippen LogP contribution in [0.3, 0.4) is 0 Å². The number of hydrogen-bond donors (Lipinski definition) is 1. The lowest BCUT2D eigenvalue weighted by molar-refractivity contribution is 0.669. The fourth-order valence-electron chi connectivity index (χ4n) is 6.58. The van der Waals surface area contributed by atoms with E-state index in [9.17, 15) is 5.26 Å². The second-order valence-electron chi connectivity index (χ2n) is 10.8. The summed E-state index contributed by atoms with van der Waals surface area (Å²) in [6, 6.07) is 42.0. The second kappa shape index (κ2) is 8.90. The first-order valence-electron chi connectivity index (χ1n) is 14.1. The van der Waals surface area contributed by atoms with E-state index in [0.29, 0.717) is 5.56 Å². The maximum atomic E-state index is 9.96. The van der Waals surface area contributed by atoms with Crippen molar-refractivity contribution >= 4 is 81.5 Å². The third kappa shape index (κ3) is 3.39. The zero-order valence-corrected chi connectivity index (χ0v) is 23.6. The predicted molar refractivity (Wildman–Crippen MR) is 179 cm³/mol. The van der Waals surface area contributed by atoms with Gasteiger partial charge in [-0.05, 0) is 71.8 Å². The quantitative estimate of drug-likeness (QED) is 0.216. The van der Waals surface area contributed by atoms with Gasteiger partial charge in [0.05, 0.1) is 28.4 Å². The summed E-state index contributed by atoms with van der Waals surface area (Å²) in [5, 5.41) is 24.7. The van der Waals surface area contributed by atoms with Gasteiger partial charge in [0.2, 0.25) is 0 Å². The standard InChI is InChI=1S/C38H21N3OS/c39-20-22-10-15-34-29(17-22)30-19-24(11-16-35(30)42-34)25-12-9-23(21-40)18-33(25)41-31-7-3-1-6-28(31)37-32(41)14-13-27-26-5-2-4-8-36(26)43-38(27)37/h1-20,39H. The number of fused-ring (bicyclic) bond motifs is 10. The maximum Gasteiger partial charge on any atom is 0.135 e. The van der Waals surface area contributed by atoms with E-state index in [2.05, 4.69) is 89.5 Å². The Labute approximate surface area is 249 Å². The van der Waals surface area contributed by atoms with Crippen molar-refractivity contribution in [3.63, 3.8) is 0 Å². The van der Waals surface area contributed by atoms with Crippen LogP contribution in [0.15, 0.2) is 120 Å². The molecule has 9 aromatic rings. The van der Waals surface area contributed by atoms with Crippen molar-refractivity contribution in [1.29, 1.82) is 10.7 Å². The molecule has 5 heteroatoms. The van der Waals surface area contributed by atoms with Crippen LogP contribution >= 0.6 is 11.3 Å².